The molecule has 1 heterocycles. The summed E-state index contributed by atoms with van der Waals surface area (Å²) < 4.78 is 55.3. The van der Waals surface area contributed by atoms with E-state index in [1.54, 1.807) is 6.92 Å². The number of hydrogen-bond acceptors (Lipinski definition) is 5. The molecule has 0 saturated heterocycles. The van der Waals surface area contributed by atoms with Crippen molar-refractivity contribution in [2.45, 2.75) is 31.2 Å². The largest absolute Gasteiger partial charge is 0.382 e. The van der Waals surface area contributed by atoms with E-state index in [2.05, 4.69) is 10.1 Å². The molecule has 2 atom stereocenters. The topological polar surface area (TPSA) is 88.3 Å². The van der Waals surface area contributed by atoms with Crippen LogP contribution in [0.3, 0.4) is 0 Å². The summed E-state index contributed by atoms with van der Waals surface area (Å²) in [6.07, 6.45) is 2.48. The molecule has 0 fully saturated rings. The van der Waals surface area contributed by atoms with Crippen LogP contribution in [0.4, 0.5) is 8.78 Å². The van der Waals surface area contributed by atoms with Gasteiger partial charge < -0.3 is 5.11 Å². The summed E-state index contributed by atoms with van der Waals surface area (Å²) in [4.78, 5) is 3.74. The number of aromatic nitrogens is 3. The Morgan fingerprint density at radius 3 is 2.60 bits per heavy atom. The Morgan fingerprint density at radius 2 is 2.08 bits per heavy atom. The lowest BCUT2D eigenvalue weighted by atomic mass is 9.90. The van der Waals surface area contributed by atoms with Crippen molar-refractivity contribution in [2.24, 2.45) is 0 Å². The lowest BCUT2D eigenvalue weighted by Gasteiger charge is -2.36. The molecule has 2 aromatic rings. The first-order valence-electron chi connectivity index (χ1n) is 7.58. The summed E-state index contributed by atoms with van der Waals surface area (Å²) in [6, 6.07) is 2.61. The number of halogens is 2. The van der Waals surface area contributed by atoms with Crippen molar-refractivity contribution in [1.82, 2.24) is 19.1 Å². The molecule has 10 heteroatoms. The van der Waals surface area contributed by atoms with Gasteiger partial charge in [-0.25, -0.2) is 31.2 Å². The van der Waals surface area contributed by atoms with Gasteiger partial charge in [-0.3, -0.25) is 0 Å². The Morgan fingerprint density at radius 1 is 1.40 bits per heavy atom. The molecule has 1 N–H and O–H groups in total. The highest BCUT2D eigenvalue weighted by Gasteiger charge is 2.46. The molecule has 0 amide bonds. The molecule has 1 aromatic heterocycles. The van der Waals surface area contributed by atoms with E-state index in [1.807, 2.05) is 0 Å². The van der Waals surface area contributed by atoms with Gasteiger partial charge in [-0.15, -0.1) is 0 Å². The summed E-state index contributed by atoms with van der Waals surface area (Å²) in [5, 5.41) is 13.6. The Balaban J connectivity index is 2.60. The summed E-state index contributed by atoms with van der Waals surface area (Å²) >= 11 is 0. The fraction of sp³-hybridized carbons (Fsp3) is 0.467. The number of aliphatic hydroxyl groups is 1. The minimum absolute atomic E-state index is 0.179. The van der Waals surface area contributed by atoms with E-state index >= 15 is 0 Å². The predicted octanol–water partition coefficient (Wildman–Crippen LogP) is 1.11. The fourth-order valence-corrected chi connectivity index (χ4v) is 4.12. The van der Waals surface area contributed by atoms with E-state index in [9.17, 15) is 22.3 Å². The molecule has 0 unspecified atom stereocenters. The molecule has 0 saturated carbocycles. The van der Waals surface area contributed by atoms with Gasteiger partial charge in [0.15, 0.2) is 0 Å². The minimum Gasteiger partial charge on any atom is -0.382 e. The zero-order valence-electron chi connectivity index (χ0n) is 14.1. The quantitative estimate of drug-likeness (QED) is 0.784. The van der Waals surface area contributed by atoms with E-state index in [0.717, 1.165) is 16.4 Å². The molecule has 0 bridgehead atoms. The van der Waals surface area contributed by atoms with Crippen LogP contribution in [-0.2, 0) is 22.2 Å². The molecule has 25 heavy (non-hydrogen) atoms. The van der Waals surface area contributed by atoms with Crippen molar-refractivity contribution in [2.75, 3.05) is 13.6 Å². The lowest BCUT2D eigenvalue weighted by molar-refractivity contribution is 0.00980. The number of nitrogens with zero attached hydrogens (tertiary/aromatic N) is 4. The molecule has 7 nitrogen and oxygen atoms in total. The van der Waals surface area contributed by atoms with Crippen LogP contribution in [0.1, 0.15) is 19.4 Å². The molecular weight excluding hydrogens is 354 g/mol. The molecule has 0 spiro atoms. The second-order valence-corrected chi connectivity index (χ2v) is 8.10. The maximum absolute atomic E-state index is 14.4. The van der Waals surface area contributed by atoms with Gasteiger partial charge in [0, 0.05) is 25.2 Å². The van der Waals surface area contributed by atoms with E-state index in [0.29, 0.717) is 6.07 Å². The van der Waals surface area contributed by atoms with Gasteiger partial charge in [0.05, 0.1) is 6.54 Å². The number of sulfonamides is 1. The average Bonchev–Trinajstić information content (AvgIpc) is 3.05. The van der Waals surface area contributed by atoms with Crippen LogP contribution in [0.25, 0.3) is 0 Å². The highest BCUT2D eigenvalue weighted by Crippen LogP contribution is 2.34. The molecule has 1 aromatic carbocycles. The maximum atomic E-state index is 14.4. The molecule has 2 rings (SSSR count). The highest BCUT2D eigenvalue weighted by atomic mass is 32.2. The normalized spacial score (nSPS) is 16.0. The van der Waals surface area contributed by atoms with E-state index in [-0.39, 0.29) is 18.7 Å². The van der Waals surface area contributed by atoms with Gasteiger partial charge in [-0.1, -0.05) is 13.0 Å². The molecule has 0 aliphatic rings. The highest BCUT2D eigenvalue weighted by molar-refractivity contribution is 7.89. The Bertz CT molecular complexity index is 829. The first-order valence-corrected chi connectivity index (χ1v) is 9.08. The van der Waals surface area contributed by atoms with Gasteiger partial charge >= 0.3 is 0 Å². The first-order chi connectivity index (χ1) is 11.6. The summed E-state index contributed by atoms with van der Waals surface area (Å²) in [5.74, 6) is -1.87. The maximum Gasteiger partial charge on any atom is 0.219 e. The Labute approximate surface area is 145 Å². The number of rotatable bonds is 7. The molecule has 0 aliphatic heterocycles. The van der Waals surface area contributed by atoms with Crippen molar-refractivity contribution < 1.29 is 22.3 Å². The van der Waals surface area contributed by atoms with Crippen molar-refractivity contribution in [1.29, 1.82) is 0 Å². The molecule has 138 valence electrons. The predicted molar refractivity (Wildman–Crippen MR) is 87.0 cm³/mol. The first kappa shape index (κ1) is 19.4. The van der Waals surface area contributed by atoms with Crippen LogP contribution in [0.5, 0.6) is 0 Å². The molecule has 0 radical (unpaired) electrons. The summed E-state index contributed by atoms with van der Waals surface area (Å²) in [5.41, 5.74) is -2.52. The van der Waals surface area contributed by atoms with Crippen molar-refractivity contribution >= 4 is 10.0 Å². The van der Waals surface area contributed by atoms with Crippen molar-refractivity contribution in [3.8, 4) is 0 Å². The SMILES string of the molecule is CCN(C)S(=O)(=O)[C@H](C)[C@](O)(Cn1cncn1)c1ccc(F)cc1F. The smallest absolute Gasteiger partial charge is 0.219 e. The molecule has 0 aliphatic carbocycles. The van der Waals surface area contributed by atoms with Gasteiger partial charge in [-0.2, -0.15) is 5.10 Å². The zero-order chi connectivity index (χ0) is 18.8. The van der Waals surface area contributed by atoms with Gasteiger partial charge in [0.25, 0.3) is 0 Å². The van der Waals surface area contributed by atoms with Gasteiger partial charge in [0.1, 0.15) is 35.1 Å². The van der Waals surface area contributed by atoms with Gasteiger partial charge in [0.2, 0.25) is 10.0 Å². The van der Waals surface area contributed by atoms with Gasteiger partial charge in [-0.05, 0) is 13.0 Å². The number of benzene rings is 1. The Hall–Kier alpha value is -1.91. The molecular formula is C15H20F2N4O3S. The van der Waals surface area contributed by atoms with Crippen LogP contribution in [-0.4, -0.2) is 51.4 Å². The van der Waals surface area contributed by atoms with Crippen LogP contribution < -0.4 is 0 Å². The van der Waals surface area contributed by atoms with Crippen LogP contribution in [0.15, 0.2) is 30.9 Å². The van der Waals surface area contributed by atoms with Crippen molar-refractivity contribution in [3.05, 3.63) is 48.1 Å². The minimum atomic E-state index is -3.96. The fourth-order valence-electron chi connectivity index (χ4n) is 2.53. The van der Waals surface area contributed by atoms with E-state index in [1.165, 1.54) is 31.3 Å². The zero-order valence-corrected chi connectivity index (χ0v) is 14.9. The Kier molecular flexibility index (Phi) is 5.55. The summed E-state index contributed by atoms with van der Waals surface area (Å²) in [7, 11) is -2.60. The summed E-state index contributed by atoms with van der Waals surface area (Å²) in [6.45, 7) is 2.73. The van der Waals surface area contributed by atoms with Crippen LogP contribution >= 0.6 is 0 Å². The van der Waals surface area contributed by atoms with Crippen LogP contribution in [0, 0.1) is 11.6 Å². The standard InChI is InChI=1S/C15H20F2N4O3S/c1-4-20(3)25(23,24)11(2)15(22,8-21-10-18-9-19-21)13-6-5-12(16)7-14(13)17/h5-7,9-11,22H,4,8H2,1-3H3/t11-,15-/m1/s1. The third kappa shape index (κ3) is 3.70. The second kappa shape index (κ2) is 7.14. The number of hydrogen-bond donors (Lipinski definition) is 1. The van der Waals surface area contributed by atoms with Crippen molar-refractivity contribution in [3.63, 3.8) is 0 Å². The lowest BCUT2D eigenvalue weighted by Crippen LogP contribution is -2.50. The second-order valence-electron chi connectivity index (χ2n) is 5.74. The third-order valence-corrected chi connectivity index (χ3v) is 6.68. The van der Waals surface area contributed by atoms with E-state index < -0.39 is 32.5 Å². The third-order valence-electron chi connectivity index (χ3n) is 4.27. The van der Waals surface area contributed by atoms with Crippen LogP contribution in [0.2, 0.25) is 0 Å². The average molecular weight is 374 g/mol. The monoisotopic (exact) mass is 374 g/mol. The van der Waals surface area contributed by atoms with E-state index in [4.69, 9.17) is 0 Å².